The molecule has 4 saturated carbocycles. The lowest BCUT2D eigenvalue weighted by Crippen LogP contribution is -2.67. The summed E-state index contributed by atoms with van der Waals surface area (Å²) in [6, 6.07) is 0. The standard InChI is InChI=1S/C33H40F12O6/c1-4-48-26-10-9-25(23-7-5-6-8-24(23)26)29(32(40,41)42,33(43,44)45)50-15-17(2)27(47)49-16-22-13-19-11-20(22)12-21(19)14-28(30(34,35)36,31(37,38)39)51-18(3)46/h4,19-26H,1-2,5-16H2,3H3. The fourth-order valence-electron chi connectivity index (χ4n) is 9.25. The van der Waals surface area contributed by atoms with E-state index in [1.165, 1.54) is 0 Å². The quantitative estimate of drug-likeness (QED) is 0.0856. The summed E-state index contributed by atoms with van der Waals surface area (Å²) in [5, 5.41) is 0. The molecule has 2 bridgehead atoms. The van der Waals surface area contributed by atoms with Crippen molar-refractivity contribution in [3.63, 3.8) is 0 Å². The molecule has 4 rings (SSSR count). The van der Waals surface area contributed by atoms with Crippen molar-refractivity contribution in [2.24, 2.45) is 41.4 Å². The summed E-state index contributed by atoms with van der Waals surface area (Å²) in [7, 11) is 0. The van der Waals surface area contributed by atoms with E-state index < -0.39 is 127 Å². The Bertz CT molecular complexity index is 1260. The molecule has 0 aliphatic heterocycles. The molecular formula is C33H40F12O6. The molecule has 0 N–H and O–H groups in total. The number of hydrogen-bond acceptors (Lipinski definition) is 6. The molecule has 0 saturated heterocycles. The predicted octanol–water partition coefficient (Wildman–Crippen LogP) is 9.19. The van der Waals surface area contributed by atoms with Crippen LogP contribution in [0.25, 0.3) is 0 Å². The van der Waals surface area contributed by atoms with Gasteiger partial charge >= 0.3 is 42.2 Å². The van der Waals surface area contributed by atoms with Crippen LogP contribution < -0.4 is 0 Å². The minimum atomic E-state index is -5.97. The van der Waals surface area contributed by atoms with E-state index >= 15 is 0 Å². The van der Waals surface area contributed by atoms with Gasteiger partial charge in [-0.15, -0.1) is 0 Å². The first-order chi connectivity index (χ1) is 23.4. The Balaban J connectivity index is 1.41. The van der Waals surface area contributed by atoms with Crippen LogP contribution in [0.5, 0.6) is 0 Å². The number of alkyl halides is 12. The van der Waals surface area contributed by atoms with Crippen molar-refractivity contribution in [1.82, 2.24) is 0 Å². The van der Waals surface area contributed by atoms with Gasteiger partial charge in [-0.2, -0.15) is 52.7 Å². The Kier molecular flexibility index (Phi) is 11.8. The monoisotopic (exact) mass is 760 g/mol. The first kappa shape index (κ1) is 41.1. The summed E-state index contributed by atoms with van der Waals surface area (Å²) < 4.78 is 190. The van der Waals surface area contributed by atoms with E-state index in [0.717, 1.165) is 6.26 Å². The van der Waals surface area contributed by atoms with Crippen molar-refractivity contribution < 1.29 is 81.2 Å². The fraction of sp³-hybridized carbons (Fsp3) is 0.818. The summed E-state index contributed by atoms with van der Waals surface area (Å²) in [6.45, 7) is 5.22. The largest absolute Gasteiger partial charge is 0.498 e. The van der Waals surface area contributed by atoms with Crippen molar-refractivity contribution in [3.05, 3.63) is 25.0 Å². The molecule has 0 spiro atoms. The third kappa shape index (κ3) is 7.85. The lowest BCUT2D eigenvalue weighted by atomic mass is 9.59. The van der Waals surface area contributed by atoms with Gasteiger partial charge in [-0.25, -0.2) is 4.79 Å². The molecule has 4 aliphatic rings. The topological polar surface area (TPSA) is 71.1 Å². The van der Waals surface area contributed by atoms with Crippen LogP contribution in [0.15, 0.2) is 25.0 Å². The van der Waals surface area contributed by atoms with Crippen LogP contribution in [0.4, 0.5) is 52.7 Å². The molecule has 51 heavy (non-hydrogen) atoms. The molecule has 0 aromatic heterocycles. The molecule has 18 heteroatoms. The number of ether oxygens (including phenoxy) is 4. The Morgan fingerprint density at radius 1 is 0.745 bits per heavy atom. The molecule has 4 fully saturated rings. The highest BCUT2D eigenvalue weighted by atomic mass is 19.4. The van der Waals surface area contributed by atoms with Crippen molar-refractivity contribution in [3.8, 4) is 0 Å². The summed E-state index contributed by atoms with van der Waals surface area (Å²) in [5.74, 6) is -9.79. The molecule has 8 unspecified atom stereocenters. The zero-order chi connectivity index (χ0) is 38.4. The average Bonchev–Trinajstić information content (AvgIpc) is 3.58. The first-order valence-corrected chi connectivity index (χ1v) is 16.6. The van der Waals surface area contributed by atoms with Crippen LogP contribution >= 0.6 is 0 Å². The maximum Gasteiger partial charge on any atom is 0.437 e. The molecule has 6 nitrogen and oxygen atoms in total. The van der Waals surface area contributed by atoms with Gasteiger partial charge in [0.15, 0.2) is 0 Å². The minimum Gasteiger partial charge on any atom is -0.498 e. The minimum absolute atomic E-state index is 0.0174. The van der Waals surface area contributed by atoms with E-state index in [9.17, 15) is 62.3 Å². The number of fused-ring (bicyclic) bond motifs is 3. The summed E-state index contributed by atoms with van der Waals surface area (Å²) >= 11 is 0. The second-order valence-electron chi connectivity index (χ2n) is 14.2. The van der Waals surface area contributed by atoms with Crippen LogP contribution in [-0.2, 0) is 28.5 Å². The molecule has 0 amide bonds. The molecule has 0 aromatic carbocycles. The third-order valence-electron chi connectivity index (χ3n) is 11.4. The lowest BCUT2D eigenvalue weighted by molar-refractivity contribution is -0.405. The van der Waals surface area contributed by atoms with Gasteiger partial charge in [0.1, 0.15) is 6.10 Å². The maximum absolute atomic E-state index is 14.7. The van der Waals surface area contributed by atoms with E-state index in [0.29, 0.717) is 26.2 Å². The smallest absolute Gasteiger partial charge is 0.437 e. The highest BCUT2D eigenvalue weighted by Gasteiger charge is 2.78. The summed E-state index contributed by atoms with van der Waals surface area (Å²) in [5.41, 5.74) is -10.2. The van der Waals surface area contributed by atoms with E-state index in [1.807, 2.05) is 0 Å². The van der Waals surface area contributed by atoms with Crippen LogP contribution in [0.3, 0.4) is 0 Å². The number of carbonyl (C=O) groups excluding carboxylic acids is 2. The van der Waals surface area contributed by atoms with Gasteiger partial charge in [0.2, 0.25) is 0 Å². The fourth-order valence-corrected chi connectivity index (χ4v) is 9.25. The Morgan fingerprint density at radius 3 is 1.78 bits per heavy atom. The third-order valence-corrected chi connectivity index (χ3v) is 11.4. The Hall–Kier alpha value is -2.66. The summed E-state index contributed by atoms with van der Waals surface area (Å²) in [4.78, 5) is 24.0. The van der Waals surface area contributed by atoms with Gasteiger partial charge in [0.25, 0.3) is 5.60 Å². The molecular weight excluding hydrogens is 720 g/mol. The number of halogens is 12. The number of esters is 2. The number of rotatable bonds is 12. The van der Waals surface area contributed by atoms with Gasteiger partial charge < -0.3 is 18.9 Å². The van der Waals surface area contributed by atoms with Crippen molar-refractivity contribution in [2.75, 3.05) is 13.2 Å². The van der Waals surface area contributed by atoms with Crippen LogP contribution in [0, 0.1) is 41.4 Å². The number of hydrogen-bond donors (Lipinski definition) is 0. The van der Waals surface area contributed by atoms with Gasteiger partial charge in [-0.05, 0) is 80.5 Å². The molecule has 0 heterocycles. The van der Waals surface area contributed by atoms with Crippen molar-refractivity contribution >= 4 is 11.9 Å². The van der Waals surface area contributed by atoms with E-state index in [-0.39, 0.29) is 32.1 Å². The lowest BCUT2D eigenvalue weighted by Gasteiger charge is -2.52. The molecule has 4 aliphatic carbocycles. The zero-order valence-electron chi connectivity index (χ0n) is 27.6. The van der Waals surface area contributed by atoms with Gasteiger partial charge in [0, 0.05) is 19.3 Å². The first-order valence-electron chi connectivity index (χ1n) is 16.6. The van der Waals surface area contributed by atoms with Crippen molar-refractivity contribution in [2.45, 2.75) is 113 Å². The van der Waals surface area contributed by atoms with E-state index in [4.69, 9.17) is 14.2 Å². The van der Waals surface area contributed by atoms with Crippen LogP contribution in [-0.4, -0.2) is 67.2 Å². The summed E-state index contributed by atoms with van der Waals surface area (Å²) in [6.07, 6.45) is -24.1. The van der Waals surface area contributed by atoms with Crippen molar-refractivity contribution in [1.29, 1.82) is 0 Å². The normalized spacial score (nSPS) is 30.4. The average molecular weight is 761 g/mol. The zero-order valence-corrected chi connectivity index (χ0v) is 27.6. The van der Waals surface area contributed by atoms with Crippen LogP contribution in [0.2, 0.25) is 0 Å². The molecule has 8 atom stereocenters. The highest BCUT2D eigenvalue weighted by Crippen LogP contribution is 2.60. The predicted molar refractivity (Wildman–Crippen MR) is 153 cm³/mol. The van der Waals surface area contributed by atoms with Gasteiger partial charge in [-0.3, -0.25) is 4.79 Å². The number of carbonyl (C=O) groups is 2. The van der Waals surface area contributed by atoms with Crippen LogP contribution in [0.1, 0.15) is 71.1 Å². The highest BCUT2D eigenvalue weighted by molar-refractivity contribution is 5.88. The maximum atomic E-state index is 14.7. The molecule has 0 aromatic rings. The second-order valence-corrected chi connectivity index (χ2v) is 14.2. The SMILES string of the molecule is C=COC1CCC(C(OCC(=C)C(=O)OCC2CC3CC2CC3CC(OC(C)=O)(C(F)(F)F)C(F)(F)F)(C(F)(F)F)C(F)(F)F)C2CCCCC12. The Morgan fingerprint density at radius 2 is 1.29 bits per heavy atom. The van der Waals surface area contributed by atoms with Gasteiger partial charge in [0.05, 0.1) is 25.0 Å². The second kappa shape index (κ2) is 14.6. The van der Waals surface area contributed by atoms with E-state index in [1.54, 1.807) is 0 Å². The molecule has 292 valence electrons. The molecule has 0 radical (unpaired) electrons. The van der Waals surface area contributed by atoms with Gasteiger partial charge in [-0.1, -0.05) is 26.0 Å². The van der Waals surface area contributed by atoms with E-state index in [2.05, 4.69) is 17.9 Å². The Labute approximate surface area is 286 Å².